The van der Waals surface area contributed by atoms with Crippen LogP contribution < -0.4 is 5.32 Å². The standard InChI is InChI=1S/C14H12ClN3S/c15-13-7-6-12(19-13)11-8-17-14(18-11)9-16-10-4-2-1-3-5-10/h1-8,16H,9H2,(H,17,18). The molecule has 3 nitrogen and oxygen atoms in total. The zero-order valence-electron chi connectivity index (χ0n) is 10.1. The summed E-state index contributed by atoms with van der Waals surface area (Å²) in [7, 11) is 0. The van der Waals surface area contributed by atoms with Crippen molar-refractivity contribution in [3.63, 3.8) is 0 Å². The number of aromatic nitrogens is 2. The van der Waals surface area contributed by atoms with E-state index in [9.17, 15) is 0 Å². The van der Waals surface area contributed by atoms with Crippen LogP contribution in [-0.4, -0.2) is 9.97 Å². The van der Waals surface area contributed by atoms with Crippen LogP contribution in [0.25, 0.3) is 10.6 Å². The van der Waals surface area contributed by atoms with E-state index in [1.165, 1.54) is 0 Å². The van der Waals surface area contributed by atoms with Gasteiger partial charge in [0.1, 0.15) is 5.82 Å². The Balaban J connectivity index is 1.68. The molecular formula is C14H12ClN3S. The molecule has 0 amide bonds. The van der Waals surface area contributed by atoms with Gasteiger partial charge in [0.15, 0.2) is 0 Å². The maximum Gasteiger partial charge on any atom is 0.125 e. The van der Waals surface area contributed by atoms with Crippen LogP contribution in [0.15, 0.2) is 48.7 Å². The Hall–Kier alpha value is -1.78. The highest BCUT2D eigenvalue weighted by molar-refractivity contribution is 7.19. The normalized spacial score (nSPS) is 10.6. The molecule has 5 heteroatoms. The second-order valence-corrected chi connectivity index (χ2v) is 5.78. The van der Waals surface area contributed by atoms with Gasteiger partial charge in [0.2, 0.25) is 0 Å². The molecule has 3 aromatic rings. The van der Waals surface area contributed by atoms with E-state index in [2.05, 4.69) is 15.3 Å². The highest BCUT2D eigenvalue weighted by atomic mass is 35.5. The van der Waals surface area contributed by atoms with Gasteiger partial charge in [-0.25, -0.2) is 4.98 Å². The van der Waals surface area contributed by atoms with Crippen LogP contribution in [0.2, 0.25) is 4.34 Å². The number of para-hydroxylation sites is 1. The van der Waals surface area contributed by atoms with E-state index in [1.54, 1.807) is 11.3 Å². The van der Waals surface area contributed by atoms with Crippen molar-refractivity contribution < 1.29 is 0 Å². The molecule has 0 fully saturated rings. The van der Waals surface area contributed by atoms with Gasteiger partial charge in [-0.05, 0) is 24.3 Å². The molecule has 2 N–H and O–H groups in total. The number of anilines is 1. The first-order chi connectivity index (χ1) is 9.31. The summed E-state index contributed by atoms with van der Waals surface area (Å²) in [6, 6.07) is 14.0. The molecular weight excluding hydrogens is 278 g/mol. The molecule has 96 valence electrons. The van der Waals surface area contributed by atoms with E-state index in [1.807, 2.05) is 48.7 Å². The lowest BCUT2D eigenvalue weighted by atomic mass is 10.3. The molecule has 0 aliphatic rings. The maximum atomic E-state index is 5.93. The predicted molar refractivity (Wildman–Crippen MR) is 80.7 cm³/mol. The number of H-pyrrole nitrogens is 1. The van der Waals surface area contributed by atoms with Crippen LogP contribution in [-0.2, 0) is 6.54 Å². The van der Waals surface area contributed by atoms with Crippen molar-refractivity contribution in [2.75, 3.05) is 5.32 Å². The van der Waals surface area contributed by atoms with Crippen LogP contribution in [0.1, 0.15) is 5.82 Å². The summed E-state index contributed by atoms with van der Waals surface area (Å²) in [6.45, 7) is 0.670. The molecule has 0 aliphatic heterocycles. The summed E-state index contributed by atoms with van der Waals surface area (Å²) >= 11 is 7.47. The van der Waals surface area contributed by atoms with Crippen molar-refractivity contribution in [1.82, 2.24) is 9.97 Å². The van der Waals surface area contributed by atoms with E-state index >= 15 is 0 Å². The molecule has 19 heavy (non-hydrogen) atoms. The number of nitrogens with zero attached hydrogens (tertiary/aromatic N) is 1. The average molecular weight is 290 g/mol. The number of imidazole rings is 1. The van der Waals surface area contributed by atoms with Crippen molar-refractivity contribution >= 4 is 28.6 Å². The number of nitrogens with one attached hydrogen (secondary N) is 2. The van der Waals surface area contributed by atoms with Crippen LogP contribution in [0.4, 0.5) is 5.69 Å². The maximum absolute atomic E-state index is 5.93. The lowest BCUT2D eigenvalue weighted by Gasteiger charge is -2.03. The molecule has 0 bridgehead atoms. The van der Waals surface area contributed by atoms with Gasteiger partial charge in [-0.3, -0.25) is 0 Å². The number of hydrogen-bond donors (Lipinski definition) is 2. The molecule has 0 radical (unpaired) electrons. The number of hydrogen-bond acceptors (Lipinski definition) is 3. The highest BCUT2D eigenvalue weighted by Gasteiger charge is 2.05. The minimum atomic E-state index is 0.670. The number of halogens is 1. The van der Waals surface area contributed by atoms with Crippen molar-refractivity contribution in [3.8, 4) is 10.6 Å². The first-order valence-electron chi connectivity index (χ1n) is 5.90. The fourth-order valence-corrected chi connectivity index (χ4v) is 2.79. The third-order valence-corrected chi connectivity index (χ3v) is 3.97. The van der Waals surface area contributed by atoms with Crippen molar-refractivity contribution in [1.29, 1.82) is 0 Å². The molecule has 0 aliphatic carbocycles. The summed E-state index contributed by atoms with van der Waals surface area (Å²) in [5.41, 5.74) is 2.08. The topological polar surface area (TPSA) is 40.7 Å². The van der Waals surface area contributed by atoms with Crippen LogP contribution in [0.3, 0.4) is 0 Å². The first kappa shape index (κ1) is 12.3. The minimum absolute atomic E-state index is 0.670. The Morgan fingerprint density at radius 1 is 1.16 bits per heavy atom. The Kier molecular flexibility index (Phi) is 3.53. The van der Waals surface area contributed by atoms with Crippen molar-refractivity contribution in [2.45, 2.75) is 6.54 Å². The van der Waals surface area contributed by atoms with Crippen LogP contribution in [0, 0.1) is 0 Å². The molecule has 0 saturated heterocycles. The zero-order chi connectivity index (χ0) is 13.1. The molecule has 1 aromatic carbocycles. The molecule has 0 atom stereocenters. The van der Waals surface area contributed by atoms with E-state index in [0.717, 1.165) is 26.4 Å². The molecule has 0 spiro atoms. The molecule has 2 heterocycles. The van der Waals surface area contributed by atoms with Gasteiger partial charge >= 0.3 is 0 Å². The van der Waals surface area contributed by atoms with E-state index in [0.29, 0.717) is 6.54 Å². The van der Waals surface area contributed by atoms with Gasteiger partial charge in [-0.15, -0.1) is 11.3 Å². The lowest BCUT2D eigenvalue weighted by molar-refractivity contribution is 1.00. The fourth-order valence-electron chi connectivity index (χ4n) is 1.78. The van der Waals surface area contributed by atoms with Crippen molar-refractivity contribution in [3.05, 3.63) is 58.8 Å². The predicted octanol–water partition coefficient (Wildman–Crippen LogP) is 4.40. The Bertz CT molecular complexity index is 660. The summed E-state index contributed by atoms with van der Waals surface area (Å²) in [5, 5.41) is 3.31. The Morgan fingerprint density at radius 3 is 2.74 bits per heavy atom. The van der Waals surface area contributed by atoms with E-state index < -0.39 is 0 Å². The average Bonchev–Trinajstić information content (AvgIpc) is 3.06. The third-order valence-electron chi connectivity index (χ3n) is 2.70. The highest BCUT2D eigenvalue weighted by Crippen LogP contribution is 2.29. The van der Waals surface area contributed by atoms with E-state index in [4.69, 9.17) is 11.6 Å². The SMILES string of the molecule is Clc1ccc(-c2cnc(CNc3ccccc3)[nH]2)s1. The van der Waals surface area contributed by atoms with Gasteiger partial charge in [0.25, 0.3) is 0 Å². The smallest absolute Gasteiger partial charge is 0.125 e. The van der Waals surface area contributed by atoms with Crippen LogP contribution >= 0.6 is 22.9 Å². The third kappa shape index (κ3) is 2.97. The summed E-state index contributed by atoms with van der Waals surface area (Å²) in [6.07, 6.45) is 1.84. The summed E-state index contributed by atoms with van der Waals surface area (Å²) < 4.78 is 0.786. The fraction of sp³-hybridized carbons (Fsp3) is 0.0714. The van der Waals surface area contributed by atoms with E-state index in [-0.39, 0.29) is 0 Å². The molecule has 0 unspecified atom stereocenters. The first-order valence-corrected chi connectivity index (χ1v) is 7.09. The van der Waals surface area contributed by atoms with Gasteiger partial charge < -0.3 is 10.3 Å². The second kappa shape index (κ2) is 5.47. The minimum Gasteiger partial charge on any atom is -0.378 e. The monoisotopic (exact) mass is 289 g/mol. The van der Waals surface area contributed by atoms with Crippen LogP contribution in [0.5, 0.6) is 0 Å². The Morgan fingerprint density at radius 2 is 2.00 bits per heavy atom. The largest absolute Gasteiger partial charge is 0.378 e. The van der Waals surface area contributed by atoms with Gasteiger partial charge in [-0.2, -0.15) is 0 Å². The number of rotatable bonds is 4. The zero-order valence-corrected chi connectivity index (χ0v) is 11.6. The Labute approximate surface area is 120 Å². The summed E-state index contributed by atoms with van der Waals surface area (Å²) in [5.74, 6) is 0.906. The molecule has 0 saturated carbocycles. The van der Waals surface area contributed by atoms with Gasteiger partial charge in [-0.1, -0.05) is 29.8 Å². The summed E-state index contributed by atoms with van der Waals surface area (Å²) in [4.78, 5) is 8.75. The van der Waals surface area contributed by atoms with Crippen molar-refractivity contribution in [2.24, 2.45) is 0 Å². The molecule has 2 aromatic heterocycles. The number of aromatic amines is 1. The van der Waals surface area contributed by atoms with Gasteiger partial charge in [0, 0.05) is 5.69 Å². The van der Waals surface area contributed by atoms with Gasteiger partial charge in [0.05, 0.1) is 27.6 Å². The second-order valence-electron chi connectivity index (χ2n) is 4.07. The lowest BCUT2D eigenvalue weighted by Crippen LogP contribution is -2.00. The quantitative estimate of drug-likeness (QED) is 0.747. The number of benzene rings is 1. The molecule has 3 rings (SSSR count). The number of thiophene rings is 1.